The SMILES string of the molecule is CC1=NN(c2ccccc2)C(=O)/C1=C\c1c(C)n(C)n(-c2ccccc2)c1=O. The summed E-state index contributed by atoms with van der Waals surface area (Å²) in [4.78, 5) is 26.0. The number of carbonyl (C=O) groups is 1. The van der Waals surface area contributed by atoms with E-state index in [9.17, 15) is 9.59 Å². The molecule has 0 saturated carbocycles. The number of benzene rings is 2. The number of anilines is 1. The molecule has 2 aromatic carbocycles. The van der Waals surface area contributed by atoms with E-state index in [1.807, 2.05) is 74.6 Å². The summed E-state index contributed by atoms with van der Waals surface area (Å²) >= 11 is 0. The average molecular weight is 372 g/mol. The maximum Gasteiger partial charge on any atom is 0.280 e. The highest BCUT2D eigenvalue weighted by Crippen LogP contribution is 2.25. The molecular weight excluding hydrogens is 352 g/mol. The fraction of sp³-hybridized carbons (Fsp3) is 0.136. The zero-order valence-electron chi connectivity index (χ0n) is 16.0. The highest BCUT2D eigenvalue weighted by Gasteiger charge is 2.29. The van der Waals surface area contributed by atoms with E-state index in [0.29, 0.717) is 22.5 Å². The van der Waals surface area contributed by atoms with Gasteiger partial charge in [-0.2, -0.15) is 10.1 Å². The topological polar surface area (TPSA) is 59.6 Å². The summed E-state index contributed by atoms with van der Waals surface area (Å²) in [5.74, 6) is -0.238. The van der Waals surface area contributed by atoms with E-state index in [-0.39, 0.29) is 11.5 Å². The van der Waals surface area contributed by atoms with Gasteiger partial charge in [-0.25, -0.2) is 4.68 Å². The smallest absolute Gasteiger partial charge is 0.280 e. The summed E-state index contributed by atoms with van der Waals surface area (Å²) in [6, 6.07) is 18.7. The van der Waals surface area contributed by atoms with Gasteiger partial charge in [0.2, 0.25) is 0 Å². The first kappa shape index (κ1) is 17.7. The second-order valence-electron chi connectivity index (χ2n) is 6.67. The van der Waals surface area contributed by atoms with Crippen molar-refractivity contribution in [1.82, 2.24) is 9.36 Å². The first-order valence-electron chi connectivity index (χ1n) is 9.00. The van der Waals surface area contributed by atoms with Gasteiger partial charge in [0.25, 0.3) is 11.5 Å². The molecule has 0 fully saturated rings. The molecular formula is C22H20N4O2. The van der Waals surface area contributed by atoms with Crippen molar-refractivity contribution in [3.63, 3.8) is 0 Å². The van der Waals surface area contributed by atoms with Crippen LogP contribution in [0.4, 0.5) is 5.69 Å². The minimum atomic E-state index is -0.238. The summed E-state index contributed by atoms with van der Waals surface area (Å²) in [6.45, 7) is 3.65. The lowest BCUT2D eigenvalue weighted by molar-refractivity contribution is -0.114. The van der Waals surface area contributed by atoms with Crippen molar-refractivity contribution in [3.8, 4) is 5.69 Å². The third-order valence-corrected chi connectivity index (χ3v) is 4.95. The van der Waals surface area contributed by atoms with Crippen molar-refractivity contribution in [2.45, 2.75) is 13.8 Å². The van der Waals surface area contributed by atoms with Crippen LogP contribution < -0.4 is 10.6 Å². The Bertz CT molecular complexity index is 1170. The van der Waals surface area contributed by atoms with E-state index in [4.69, 9.17) is 0 Å². The van der Waals surface area contributed by atoms with Gasteiger partial charge >= 0.3 is 0 Å². The number of carbonyl (C=O) groups excluding carboxylic acids is 1. The van der Waals surface area contributed by atoms with Gasteiger partial charge in [0.1, 0.15) is 0 Å². The van der Waals surface area contributed by atoms with Crippen LogP contribution in [0, 0.1) is 6.92 Å². The summed E-state index contributed by atoms with van der Waals surface area (Å²) in [6.07, 6.45) is 1.65. The van der Waals surface area contributed by atoms with Gasteiger partial charge in [-0.15, -0.1) is 0 Å². The first-order valence-corrected chi connectivity index (χ1v) is 9.00. The lowest BCUT2D eigenvalue weighted by atomic mass is 10.1. The molecule has 0 radical (unpaired) electrons. The molecule has 0 spiro atoms. The van der Waals surface area contributed by atoms with E-state index >= 15 is 0 Å². The standard InChI is InChI=1S/C22H20N4O2/c1-15-19(21(27)25(23-15)17-10-6-4-7-11-17)14-20-16(2)24(3)26(22(20)28)18-12-8-5-9-13-18/h4-14H,1-3H3/b19-14-. The molecule has 6 nitrogen and oxygen atoms in total. The molecule has 28 heavy (non-hydrogen) atoms. The van der Waals surface area contributed by atoms with Gasteiger partial charge in [0.15, 0.2) is 0 Å². The van der Waals surface area contributed by atoms with E-state index < -0.39 is 0 Å². The molecule has 0 aliphatic carbocycles. The predicted octanol–water partition coefficient (Wildman–Crippen LogP) is 3.29. The molecule has 0 saturated heterocycles. The third-order valence-electron chi connectivity index (χ3n) is 4.95. The van der Waals surface area contributed by atoms with Crippen molar-refractivity contribution in [1.29, 1.82) is 0 Å². The van der Waals surface area contributed by atoms with Gasteiger partial charge in [-0.3, -0.25) is 14.3 Å². The number of hydrogen-bond acceptors (Lipinski definition) is 3. The van der Waals surface area contributed by atoms with Crippen LogP contribution >= 0.6 is 0 Å². The number of hydrazone groups is 1. The van der Waals surface area contributed by atoms with Crippen LogP contribution in [0.2, 0.25) is 0 Å². The molecule has 0 bridgehead atoms. The highest BCUT2D eigenvalue weighted by molar-refractivity contribution is 6.32. The molecule has 3 aromatic rings. The number of aromatic nitrogens is 2. The largest absolute Gasteiger partial charge is 0.285 e. The van der Waals surface area contributed by atoms with Crippen molar-refractivity contribution >= 4 is 23.4 Å². The first-order chi connectivity index (χ1) is 13.5. The van der Waals surface area contributed by atoms with Crippen LogP contribution in [-0.2, 0) is 11.8 Å². The Morgan fingerprint density at radius 3 is 2.04 bits per heavy atom. The van der Waals surface area contributed by atoms with Crippen LogP contribution in [0.3, 0.4) is 0 Å². The van der Waals surface area contributed by atoms with Crippen molar-refractivity contribution in [2.75, 3.05) is 5.01 Å². The molecule has 1 aliphatic heterocycles. The monoisotopic (exact) mass is 372 g/mol. The number of hydrogen-bond donors (Lipinski definition) is 0. The van der Waals surface area contributed by atoms with E-state index in [2.05, 4.69) is 5.10 Å². The average Bonchev–Trinajstić information content (AvgIpc) is 3.11. The number of amides is 1. The summed E-state index contributed by atoms with van der Waals surface area (Å²) < 4.78 is 3.40. The molecule has 4 rings (SSSR count). The molecule has 0 atom stereocenters. The molecule has 1 aliphatic rings. The summed E-state index contributed by atoms with van der Waals surface area (Å²) in [7, 11) is 1.83. The van der Waals surface area contributed by atoms with Gasteiger partial charge in [0, 0.05) is 12.7 Å². The summed E-state index contributed by atoms with van der Waals surface area (Å²) in [5, 5.41) is 5.75. The van der Waals surface area contributed by atoms with Crippen LogP contribution in [0.1, 0.15) is 18.2 Å². The van der Waals surface area contributed by atoms with Crippen molar-refractivity contribution < 1.29 is 4.79 Å². The molecule has 140 valence electrons. The fourth-order valence-electron chi connectivity index (χ4n) is 3.33. The minimum absolute atomic E-state index is 0.169. The third kappa shape index (κ3) is 2.79. The van der Waals surface area contributed by atoms with Crippen LogP contribution in [0.25, 0.3) is 11.8 Å². The van der Waals surface area contributed by atoms with Gasteiger partial charge < -0.3 is 0 Å². The van der Waals surface area contributed by atoms with Crippen molar-refractivity contribution in [3.05, 3.63) is 87.8 Å². The van der Waals surface area contributed by atoms with Gasteiger partial charge in [0.05, 0.1) is 28.2 Å². The van der Waals surface area contributed by atoms with Gasteiger partial charge in [-0.1, -0.05) is 36.4 Å². The zero-order chi connectivity index (χ0) is 19.8. The number of nitrogens with zero attached hydrogens (tertiary/aromatic N) is 4. The molecule has 2 heterocycles. The fourth-order valence-corrected chi connectivity index (χ4v) is 3.33. The molecule has 0 N–H and O–H groups in total. The maximum atomic E-state index is 13.1. The summed E-state index contributed by atoms with van der Waals surface area (Å²) in [5.41, 5.74) is 3.58. The quantitative estimate of drug-likeness (QED) is 0.663. The van der Waals surface area contributed by atoms with E-state index in [1.54, 1.807) is 22.4 Å². The predicted molar refractivity (Wildman–Crippen MR) is 111 cm³/mol. The van der Waals surface area contributed by atoms with E-state index in [0.717, 1.165) is 11.4 Å². The second-order valence-corrected chi connectivity index (χ2v) is 6.67. The zero-order valence-corrected chi connectivity index (χ0v) is 16.0. The Morgan fingerprint density at radius 1 is 0.857 bits per heavy atom. The molecule has 1 amide bonds. The Morgan fingerprint density at radius 2 is 1.43 bits per heavy atom. The lowest BCUT2D eigenvalue weighted by Gasteiger charge is -2.10. The Hall–Kier alpha value is -3.67. The number of rotatable bonds is 3. The van der Waals surface area contributed by atoms with Crippen LogP contribution in [0.5, 0.6) is 0 Å². The van der Waals surface area contributed by atoms with E-state index in [1.165, 1.54) is 5.01 Å². The number of para-hydroxylation sites is 2. The molecule has 0 unspecified atom stereocenters. The Labute approximate surface area is 162 Å². The van der Waals surface area contributed by atoms with Crippen molar-refractivity contribution in [2.24, 2.45) is 12.1 Å². The lowest BCUT2D eigenvalue weighted by Crippen LogP contribution is -2.22. The highest BCUT2D eigenvalue weighted by atomic mass is 16.2. The van der Waals surface area contributed by atoms with Gasteiger partial charge in [-0.05, 0) is 44.2 Å². The minimum Gasteiger partial charge on any atom is -0.285 e. The molecule has 6 heteroatoms. The molecule has 1 aromatic heterocycles. The Kier molecular flexibility index (Phi) is 4.31. The maximum absolute atomic E-state index is 13.1. The van der Waals surface area contributed by atoms with Crippen LogP contribution in [0.15, 0.2) is 76.1 Å². The second kappa shape index (κ2) is 6.81. The normalized spacial score (nSPS) is 15.4. The Balaban J connectivity index is 1.80. The van der Waals surface area contributed by atoms with Crippen LogP contribution in [-0.4, -0.2) is 21.0 Å².